The monoisotopic (exact) mass is 260 g/mol. The van der Waals surface area contributed by atoms with Gasteiger partial charge in [-0.1, -0.05) is 23.7 Å². The van der Waals surface area contributed by atoms with Crippen molar-refractivity contribution < 1.29 is 5.11 Å². The third-order valence-corrected chi connectivity index (χ3v) is 3.59. The first-order chi connectivity index (χ1) is 8.75. The van der Waals surface area contributed by atoms with Crippen LogP contribution in [0.25, 0.3) is 11.3 Å². The van der Waals surface area contributed by atoms with E-state index in [9.17, 15) is 5.11 Å². The average molecular weight is 261 g/mol. The van der Waals surface area contributed by atoms with Crippen molar-refractivity contribution in [2.75, 3.05) is 0 Å². The molecule has 0 saturated heterocycles. The molecule has 2 aromatic rings. The minimum absolute atomic E-state index is 0.382. The van der Waals surface area contributed by atoms with Crippen LogP contribution in [-0.2, 0) is 0 Å². The molecule has 18 heavy (non-hydrogen) atoms. The lowest BCUT2D eigenvalue weighted by atomic mass is 10.0. The molecule has 4 heteroatoms. The zero-order valence-corrected chi connectivity index (χ0v) is 10.5. The Morgan fingerprint density at radius 3 is 2.72 bits per heavy atom. The third kappa shape index (κ3) is 2.24. The van der Waals surface area contributed by atoms with Gasteiger partial charge in [0, 0.05) is 16.8 Å². The van der Waals surface area contributed by atoms with E-state index in [0.29, 0.717) is 10.9 Å². The number of hydrogen-bond acceptors (Lipinski definition) is 3. The van der Waals surface area contributed by atoms with E-state index in [4.69, 9.17) is 11.6 Å². The third-order valence-electron chi connectivity index (χ3n) is 3.27. The summed E-state index contributed by atoms with van der Waals surface area (Å²) in [6.07, 6.45) is 4.95. The van der Waals surface area contributed by atoms with Crippen LogP contribution in [0.15, 0.2) is 36.8 Å². The number of aliphatic hydroxyl groups is 1. The molecule has 3 rings (SSSR count). The predicted molar refractivity (Wildman–Crippen MR) is 70.2 cm³/mol. The number of benzene rings is 1. The molecule has 1 aliphatic carbocycles. The van der Waals surface area contributed by atoms with Crippen LogP contribution in [0.4, 0.5) is 0 Å². The quantitative estimate of drug-likeness (QED) is 0.922. The standard InChI is InChI=1S/C14H13ClN2O/c15-12-7-10(13-5-6-16-8-17-13)3-4-11(12)14(18)9-1-2-9/h3-9,14,18H,1-2H2. The second-order valence-corrected chi connectivity index (χ2v) is 5.02. The van der Waals surface area contributed by atoms with E-state index >= 15 is 0 Å². The maximum absolute atomic E-state index is 10.1. The highest BCUT2D eigenvalue weighted by Gasteiger charge is 2.31. The Labute approximate surface area is 110 Å². The summed E-state index contributed by atoms with van der Waals surface area (Å²) in [6, 6.07) is 7.52. The van der Waals surface area contributed by atoms with Crippen LogP contribution < -0.4 is 0 Å². The lowest BCUT2D eigenvalue weighted by molar-refractivity contribution is 0.154. The Bertz CT molecular complexity index is 555. The predicted octanol–water partition coefficient (Wildman–Crippen LogP) is 3.24. The lowest BCUT2D eigenvalue weighted by Gasteiger charge is -2.12. The maximum Gasteiger partial charge on any atom is 0.116 e. The SMILES string of the molecule is OC(c1ccc(-c2ccncn2)cc1Cl)C1CC1. The minimum atomic E-state index is -0.433. The Morgan fingerprint density at radius 1 is 1.28 bits per heavy atom. The van der Waals surface area contributed by atoms with Gasteiger partial charge in [0.25, 0.3) is 0 Å². The van der Waals surface area contributed by atoms with Gasteiger partial charge in [-0.25, -0.2) is 9.97 Å². The Balaban J connectivity index is 1.93. The van der Waals surface area contributed by atoms with E-state index in [0.717, 1.165) is 29.7 Å². The van der Waals surface area contributed by atoms with Crippen molar-refractivity contribution in [3.8, 4) is 11.3 Å². The van der Waals surface area contributed by atoms with Gasteiger partial charge in [-0.15, -0.1) is 0 Å². The van der Waals surface area contributed by atoms with Crippen molar-refractivity contribution in [3.63, 3.8) is 0 Å². The van der Waals surface area contributed by atoms with Crippen LogP contribution in [-0.4, -0.2) is 15.1 Å². The van der Waals surface area contributed by atoms with Gasteiger partial charge in [-0.2, -0.15) is 0 Å². The van der Waals surface area contributed by atoms with E-state index in [-0.39, 0.29) is 0 Å². The van der Waals surface area contributed by atoms with Crippen LogP contribution >= 0.6 is 11.6 Å². The molecule has 3 nitrogen and oxygen atoms in total. The topological polar surface area (TPSA) is 46.0 Å². The molecule has 0 amide bonds. The number of aliphatic hydroxyl groups excluding tert-OH is 1. The molecule has 0 radical (unpaired) electrons. The minimum Gasteiger partial charge on any atom is -0.388 e. The summed E-state index contributed by atoms with van der Waals surface area (Å²) in [4.78, 5) is 8.07. The second-order valence-electron chi connectivity index (χ2n) is 4.61. The van der Waals surface area contributed by atoms with Crippen molar-refractivity contribution in [1.82, 2.24) is 9.97 Å². The highest BCUT2D eigenvalue weighted by atomic mass is 35.5. The molecule has 1 atom stereocenters. The van der Waals surface area contributed by atoms with E-state index in [2.05, 4.69) is 9.97 Å². The van der Waals surface area contributed by atoms with Crippen LogP contribution in [0.2, 0.25) is 5.02 Å². The Hall–Kier alpha value is -1.45. The van der Waals surface area contributed by atoms with Crippen molar-refractivity contribution in [2.45, 2.75) is 18.9 Å². The van der Waals surface area contributed by atoms with E-state index in [1.165, 1.54) is 6.33 Å². The van der Waals surface area contributed by atoms with Gasteiger partial charge >= 0.3 is 0 Å². The molecular weight excluding hydrogens is 248 g/mol. The average Bonchev–Trinajstić information content (AvgIpc) is 3.23. The molecule has 1 aromatic carbocycles. The first kappa shape index (κ1) is 11.6. The van der Waals surface area contributed by atoms with Crippen LogP contribution in [0.3, 0.4) is 0 Å². The molecule has 0 spiro atoms. The Morgan fingerprint density at radius 2 is 2.11 bits per heavy atom. The highest BCUT2D eigenvalue weighted by Crippen LogP contribution is 2.43. The number of halogens is 1. The summed E-state index contributed by atoms with van der Waals surface area (Å²) >= 11 is 6.24. The molecule has 1 aliphatic rings. The molecule has 1 fully saturated rings. The smallest absolute Gasteiger partial charge is 0.116 e. The van der Waals surface area contributed by atoms with Crippen LogP contribution in [0.1, 0.15) is 24.5 Å². The van der Waals surface area contributed by atoms with Gasteiger partial charge < -0.3 is 5.11 Å². The molecule has 1 aromatic heterocycles. The molecule has 92 valence electrons. The van der Waals surface area contributed by atoms with Gasteiger partial charge in [0.2, 0.25) is 0 Å². The van der Waals surface area contributed by atoms with Crippen LogP contribution in [0, 0.1) is 5.92 Å². The van der Waals surface area contributed by atoms with Crippen molar-refractivity contribution in [3.05, 3.63) is 47.4 Å². The summed E-state index contributed by atoms with van der Waals surface area (Å²) in [6.45, 7) is 0. The fourth-order valence-electron chi connectivity index (χ4n) is 2.05. The molecule has 1 heterocycles. The number of hydrogen-bond donors (Lipinski definition) is 1. The van der Waals surface area contributed by atoms with Gasteiger partial charge in [0.05, 0.1) is 11.8 Å². The fourth-order valence-corrected chi connectivity index (χ4v) is 2.35. The summed E-state index contributed by atoms with van der Waals surface area (Å²) < 4.78 is 0. The summed E-state index contributed by atoms with van der Waals surface area (Å²) in [5, 5.41) is 10.7. The fraction of sp³-hybridized carbons (Fsp3) is 0.286. The highest BCUT2D eigenvalue weighted by molar-refractivity contribution is 6.31. The summed E-state index contributed by atoms with van der Waals surface area (Å²) in [7, 11) is 0. The largest absolute Gasteiger partial charge is 0.388 e. The molecule has 0 aliphatic heterocycles. The summed E-state index contributed by atoms with van der Waals surface area (Å²) in [5.41, 5.74) is 2.59. The molecular formula is C14H13ClN2O. The summed E-state index contributed by atoms with van der Waals surface area (Å²) in [5.74, 6) is 0.382. The second kappa shape index (κ2) is 4.67. The molecule has 1 unspecified atom stereocenters. The van der Waals surface area contributed by atoms with Gasteiger partial charge in [0.1, 0.15) is 6.33 Å². The molecule has 1 N–H and O–H groups in total. The lowest BCUT2D eigenvalue weighted by Crippen LogP contribution is -2.00. The van der Waals surface area contributed by atoms with Crippen molar-refractivity contribution in [1.29, 1.82) is 0 Å². The first-order valence-corrected chi connectivity index (χ1v) is 6.37. The number of rotatable bonds is 3. The zero-order chi connectivity index (χ0) is 12.5. The van der Waals surface area contributed by atoms with Crippen molar-refractivity contribution >= 4 is 11.6 Å². The number of aromatic nitrogens is 2. The molecule has 1 saturated carbocycles. The van der Waals surface area contributed by atoms with Gasteiger partial charge in [0.15, 0.2) is 0 Å². The number of nitrogens with zero attached hydrogens (tertiary/aromatic N) is 2. The van der Waals surface area contributed by atoms with Crippen molar-refractivity contribution in [2.24, 2.45) is 5.92 Å². The first-order valence-electron chi connectivity index (χ1n) is 5.99. The van der Waals surface area contributed by atoms with Crippen LogP contribution in [0.5, 0.6) is 0 Å². The zero-order valence-electron chi connectivity index (χ0n) is 9.75. The van der Waals surface area contributed by atoms with Gasteiger partial charge in [-0.05, 0) is 36.5 Å². The van der Waals surface area contributed by atoms with E-state index in [1.54, 1.807) is 6.20 Å². The molecule has 0 bridgehead atoms. The normalized spacial score (nSPS) is 16.6. The Kier molecular flexibility index (Phi) is 3.02. The maximum atomic E-state index is 10.1. The van der Waals surface area contributed by atoms with E-state index in [1.807, 2.05) is 24.3 Å². The van der Waals surface area contributed by atoms with E-state index < -0.39 is 6.10 Å². The van der Waals surface area contributed by atoms with Gasteiger partial charge in [-0.3, -0.25) is 0 Å².